The molecule has 0 aromatic heterocycles. The summed E-state index contributed by atoms with van der Waals surface area (Å²) < 4.78 is 0. The molecule has 0 aliphatic heterocycles. The molecule has 118 valence electrons. The number of hydrogen-bond acceptors (Lipinski definition) is 2. The zero-order valence-corrected chi connectivity index (χ0v) is 14.0. The SMILES string of the molecule is CCCCCC(C)(C)Nc1ccc(Nc2ccccc2)cc1. The molecule has 2 heteroatoms. The van der Waals surface area contributed by atoms with Crippen LogP contribution in [0.4, 0.5) is 17.1 Å². The molecule has 2 rings (SSSR count). The van der Waals surface area contributed by atoms with E-state index in [1.54, 1.807) is 0 Å². The van der Waals surface area contributed by atoms with Gasteiger partial charge in [-0.15, -0.1) is 0 Å². The van der Waals surface area contributed by atoms with Crippen molar-refractivity contribution < 1.29 is 0 Å². The molecular formula is C20H28N2. The fraction of sp³-hybridized carbons (Fsp3) is 0.400. The van der Waals surface area contributed by atoms with Gasteiger partial charge in [-0.05, 0) is 56.7 Å². The predicted octanol–water partition coefficient (Wildman–Crippen LogP) is 6.20. The Labute approximate surface area is 135 Å². The highest BCUT2D eigenvalue weighted by molar-refractivity contribution is 5.62. The van der Waals surface area contributed by atoms with Crippen LogP contribution in [0.25, 0.3) is 0 Å². The van der Waals surface area contributed by atoms with E-state index in [9.17, 15) is 0 Å². The van der Waals surface area contributed by atoms with E-state index in [4.69, 9.17) is 0 Å². The van der Waals surface area contributed by atoms with Gasteiger partial charge in [0.15, 0.2) is 0 Å². The van der Waals surface area contributed by atoms with Crippen LogP contribution < -0.4 is 10.6 Å². The normalized spacial score (nSPS) is 11.2. The molecule has 0 saturated heterocycles. The minimum absolute atomic E-state index is 0.142. The lowest BCUT2D eigenvalue weighted by molar-refractivity contribution is 0.483. The molecule has 0 bridgehead atoms. The van der Waals surface area contributed by atoms with Gasteiger partial charge in [-0.3, -0.25) is 0 Å². The molecule has 0 fully saturated rings. The van der Waals surface area contributed by atoms with E-state index in [1.807, 2.05) is 18.2 Å². The zero-order valence-electron chi connectivity index (χ0n) is 14.0. The van der Waals surface area contributed by atoms with E-state index in [2.05, 4.69) is 67.8 Å². The highest BCUT2D eigenvalue weighted by atomic mass is 15.0. The second-order valence-electron chi connectivity index (χ2n) is 6.53. The molecule has 0 unspecified atom stereocenters. The molecule has 0 saturated carbocycles. The molecule has 0 aliphatic rings. The van der Waals surface area contributed by atoms with E-state index in [-0.39, 0.29) is 5.54 Å². The third kappa shape index (κ3) is 5.44. The lowest BCUT2D eigenvalue weighted by Crippen LogP contribution is -2.30. The summed E-state index contributed by atoms with van der Waals surface area (Å²) in [5.41, 5.74) is 3.55. The number of rotatable bonds is 8. The van der Waals surface area contributed by atoms with Crippen molar-refractivity contribution >= 4 is 17.1 Å². The second kappa shape index (κ2) is 7.88. The summed E-state index contributed by atoms with van der Waals surface area (Å²) in [6, 6.07) is 18.8. The number of benzene rings is 2. The summed E-state index contributed by atoms with van der Waals surface area (Å²) >= 11 is 0. The Morgan fingerprint density at radius 2 is 1.36 bits per heavy atom. The van der Waals surface area contributed by atoms with Crippen molar-refractivity contribution in [1.82, 2.24) is 0 Å². The van der Waals surface area contributed by atoms with Gasteiger partial charge in [-0.2, -0.15) is 0 Å². The Hall–Kier alpha value is -1.96. The molecule has 0 spiro atoms. The molecule has 0 atom stereocenters. The Morgan fingerprint density at radius 3 is 2.00 bits per heavy atom. The van der Waals surface area contributed by atoms with Gasteiger partial charge in [0.2, 0.25) is 0 Å². The van der Waals surface area contributed by atoms with E-state index in [1.165, 1.54) is 31.4 Å². The third-order valence-corrected chi connectivity index (χ3v) is 3.84. The van der Waals surface area contributed by atoms with Crippen molar-refractivity contribution in [2.24, 2.45) is 0 Å². The maximum Gasteiger partial charge on any atom is 0.0385 e. The number of anilines is 3. The maximum atomic E-state index is 3.64. The Balaban J connectivity index is 1.91. The average molecular weight is 296 g/mol. The molecule has 0 aliphatic carbocycles. The number of nitrogens with one attached hydrogen (secondary N) is 2. The van der Waals surface area contributed by atoms with Crippen molar-refractivity contribution in [3.05, 3.63) is 54.6 Å². The van der Waals surface area contributed by atoms with Gasteiger partial charge in [0.1, 0.15) is 0 Å². The van der Waals surface area contributed by atoms with Crippen molar-refractivity contribution in [3.63, 3.8) is 0 Å². The van der Waals surface area contributed by atoms with E-state index in [0.29, 0.717) is 0 Å². The monoisotopic (exact) mass is 296 g/mol. The first-order valence-electron chi connectivity index (χ1n) is 8.29. The Kier molecular flexibility index (Phi) is 5.88. The van der Waals surface area contributed by atoms with Gasteiger partial charge in [0, 0.05) is 22.6 Å². The quantitative estimate of drug-likeness (QED) is 0.567. The van der Waals surface area contributed by atoms with Gasteiger partial charge >= 0.3 is 0 Å². The second-order valence-corrected chi connectivity index (χ2v) is 6.53. The van der Waals surface area contributed by atoms with Crippen LogP contribution in [-0.4, -0.2) is 5.54 Å². The Bertz CT molecular complexity index is 544. The topological polar surface area (TPSA) is 24.1 Å². The molecule has 2 N–H and O–H groups in total. The fourth-order valence-electron chi connectivity index (χ4n) is 2.60. The summed E-state index contributed by atoms with van der Waals surface area (Å²) in [4.78, 5) is 0. The number of hydrogen-bond donors (Lipinski definition) is 2. The minimum Gasteiger partial charge on any atom is -0.380 e. The predicted molar refractivity (Wildman–Crippen MR) is 98.0 cm³/mol. The van der Waals surface area contributed by atoms with E-state index >= 15 is 0 Å². The smallest absolute Gasteiger partial charge is 0.0385 e. The fourth-order valence-corrected chi connectivity index (χ4v) is 2.60. The minimum atomic E-state index is 0.142. The lowest BCUT2D eigenvalue weighted by atomic mass is 9.96. The van der Waals surface area contributed by atoms with Crippen molar-refractivity contribution in [2.45, 2.75) is 52.0 Å². The van der Waals surface area contributed by atoms with Crippen LogP contribution in [0.2, 0.25) is 0 Å². The van der Waals surface area contributed by atoms with Crippen molar-refractivity contribution in [1.29, 1.82) is 0 Å². The first-order valence-corrected chi connectivity index (χ1v) is 8.29. The van der Waals surface area contributed by atoms with Gasteiger partial charge in [-0.1, -0.05) is 44.4 Å². The molecule has 22 heavy (non-hydrogen) atoms. The van der Waals surface area contributed by atoms with Crippen LogP contribution in [0.15, 0.2) is 54.6 Å². The maximum absolute atomic E-state index is 3.64. The average Bonchev–Trinajstić information content (AvgIpc) is 2.50. The summed E-state index contributed by atoms with van der Waals surface area (Å²) in [7, 11) is 0. The summed E-state index contributed by atoms with van der Waals surface area (Å²) in [6.45, 7) is 6.80. The molecule has 0 amide bonds. The highest BCUT2D eigenvalue weighted by Gasteiger charge is 2.16. The highest BCUT2D eigenvalue weighted by Crippen LogP contribution is 2.23. The zero-order chi connectivity index (χ0) is 15.8. The van der Waals surface area contributed by atoms with Gasteiger partial charge in [-0.25, -0.2) is 0 Å². The lowest BCUT2D eigenvalue weighted by Gasteiger charge is -2.27. The van der Waals surface area contributed by atoms with Crippen molar-refractivity contribution in [3.8, 4) is 0 Å². The number of unbranched alkanes of at least 4 members (excludes halogenated alkanes) is 2. The van der Waals surface area contributed by atoms with Crippen LogP contribution >= 0.6 is 0 Å². The number of para-hydroxylation sites is 1. The first kappa shape index (κ1) is 16.4. The molecule has 0 radical (unpaired) electrons. The van der Waals surface area contributed by atoms with Crippen molar-refractivity contribution in [2.75, 3.05) is 10.6 Å². The first-order chi connectivity index (χ1) is 10.6. The van der Waals surface area contributed by atoms with E-state index in [0.717, 1.165) is 11.4 Å². The van der Waals surface area contributed by atoms with Crippen LogP contribution in [0.1, 0.15) is 46.5 Å². The summed E-state index contributed by atoms with van der Waals surface area (Å²) in [6.07, 6.45) is 5.07. The van der Waals surface area contributed by atoms with Crippen LogP contribution in [0.3, 0.4) is 0 Å². The van der Waals surface area contributed by atoms with Crippen LogP contribution in [-0.2, 0) is 0 Å². The summed E-state index contributed by atoms with van der Waals surface area (Å²) in [5, 5.41) is 7.05. The molecule has 2 aromatic rings. The van der Waals surface area contributed by atoms with Gasteiger partial charge in [0.05, 0.1) is 0 Å². The molecule has 0 heterocycles. The largest absolute Gasteiger partial charge is 0.380 e. The van der Waals surface area contributed by atoms with E-state index < -0.39 is 0 Å². The third-order valence-electron chi connectivity index (χ3n) is 3.84. The molecule has 2 aromatic carbocycles. The Morgan fingerprint density at radius 1 is 0.773 bits per heavy atom. The molecule has 2 nitrogen and oxygen atoms in total. The molecular weight excluding hydrogens is 268 g/mol. The summed E-state index contributed by atoms with van der Waals surface area (Å²) in [5.74, 6) is 0. The van der Waals surface area contributed by atoms with Crippen LogP contribution in [0.5, 0.6) is 0 Å². The van der Waals surface area contributed by atoms with Gasteiger partial charge in [0.25, 0.3) is 0 Å². The standard InChI is InChI=1S/C20H28N2/c1-4-5-9-16-20(2,3)22-19-14-12-18(13-15-19)21-17-10-7-6-8-11-17/h6-8,10-15,21-22H,4-5,9,16H2,1-3H3. The van der Waals surface area contributed by atoms with Gasteiger partial charge < -0.3 is 10.6 Å². The van der Waals surface area contributed by atoms with Crippen LogP contribution in [0, 0.1) is 0 Å².